The van der Waals surface area contributed by atoms with E-state index in [4.69, 9.17) is 0 Å². The van der Waals surface area contributed by atoms with Gasteiger partial charge in [-0.15, -0.1) is 0 Å². The van der Waals surface area contributed by atoms with Crippen molar-refractivity contribution in [2.45, 2.75) is 37.7 Å². The molecule has 0 fully saturated rings. The topological polar surface area (TPSA) is 34.1 Å². The second-order valence-electron chi connectivity index (χ2n) is 5.04. The third-order valence-electron chi connectivity index (χ3n) is 2.49. The van der Waals surface area contributed by atoms with Crippen LogP contribution >= 0.6 is 0 Å². The van der Waals surface area contributed by atoms with Gasteiger partial charge in [0.2, 0.25) is 0 Å². The molecule has 0 bridgehead atoms. The number of carbonyl (C=O) groups is 1. The van der Waals surface area contributed by atoms with E-state index in [1.165, 1.54) is 6.92 Å². The Morgan fingerprint density at radius 3 is 2.28 bits per heavy atom. The smallest absolute Gasteiger partial charge is 0.181 e. The van der Waals surface area contributed by atoms with Crippen LogP contribution in [0.2, 0.25) is 0 Å². The SMILES string of the molecule is CC(C(=O)c1ccc(F)cc1F)S(=O)C(C)(C)C. The maximum Gasteiger partial charge on any atom is 0.181 e. The molecule has 0 aromatic heterocycles. The number of halogens is 2. The van der Waals surface area contributed by atoms with Crippen LogP contribution in [0, 0.1) is 11.6 Å². The van der Waals surface area contributed by atoms with E-state index in [1.807, 2.05) is 0 Å². The van der Waals surface area contributed by atoms with Gasteiger partial charge in [0.25, 0.3) is 0 Å². The highest BCUT2D eigenvalue weighted by Crippen LogP contribution is 2.20. The van der Waals surface area contributed by atoms with Crippen LogP contribution in [0.1, 0.15) is 38.1 Å². The van der Waals surface area contributed by atoms with Gasteiger partial charge in [-0.05, 0) is 39.8 Å². The van der Waals surface area contributed by atoms with E-state index >= 15 is 0 Å². The fourth-order valence-electron chi connectivity index (χ4n) is 1.54. The van der Waals surface area contributed by atoms with Crippen molar-refractivity contribution in [2.24, 2.45) is 0 Å². The van der Waals surface area contributed by atoms with Crippen molar-refractivity contribution < 1.29 is 17.8 Å². The molecule has 2 atom stereocenters. The average Bonchev–Trinajstić information content (AvgIpc) is 2.25. The van der Waals surface area contributed by atoms with Crippen LogP contribution in [-0.2, 0) is 10.8 Å². The first kappa shape index (κ1) is 15.0. The second-order valence-corrected chi connectivity index (χ2v) is 7.57. The summed E-state index contributed by atoms with van der Waals surface area (Å²) in [6.45, 7) is 6.72. The van der Waals surface area contributed by atoms with Crippen molar-refractivity contribution in [3.8, 4) is 0 Å². The Labute approximate surface area is 108 Å². The Hall–Kier alpha value is -1.10. The summed E-state index contributed by atoms with van der Waals surface area (Å²) in [7, 11) is -1.44. The Morgan fingerprint density at radius 2 is 1.83 bits per heavy atom. The monoisotopic (exact) mass is 274 g/mol. The second kappa shape index (κ2) is 5.26. The van der Waals surface area contributed by atoms with Crippen LogP contribution in [0.4, 0.5) is 8.78 Å². The summed E-state index contributed by atoms with van der Waals surface area (Å²) in [6, 6.07) is 2.76. The van der Waals surface area contributed by atoms with E-state index in [2.05, 4.69) is 0 Å². The van der Waals surface area contributed by atoms with Gasteiger partial charge in [-0.3, -0.25) is 9.00 Å². The molecule has 18 heavy (non-hydrogen) atoms. The molecule has 0 saturated carbocycles. The van der Waals surface area contributed by atoms with Gasteiger partial charge in [0.15, 0.2) is 5.78 Å². The minimum atomic E-state index is -1.44. The van der Waals surface area contributed by atoms with Gasteiger partial charge in [-0.2, -0.15) is 0 Å². The van der Waals surface area contributed by atoms with Crippen LogP contribution in [0.3, 0.4) is 0 Å². The highest BCUT2D eigenvalue weighted by atomic mass is 32.2. The third-order valence-corrected chi connectivity index (χ3v) is 4.55. The lowest BCUT2D eigenvalue weighted by Crippen LogP contribution is -2.35. The molecule has 0 aliphatic rings. The number of carbonyl (C=O) groups excluding carboxylic acids is 1. The summed E-state index contributed by atoms with van der Waals surface area (Å²) < 4.78 is 37.7. The van der Waals surface area contributed by atoms with Crippen molar-refractivity contribution in [1.29, 1.82) is 0 Å². The van der Waals surface area contributed by atoms with Crippen LogP contribution < -0.4 is 0 Å². The van der Waals surface area contributed by atoms with Gasteiger partial charge in [0, 0.05) is 21.6 Å². The van der Waals surface area contributed by atoms with Crippen LogP contribution in [0.15, 0.2) is 18.2 Å². The van der Waals surface area contributed by atoms with Gasteiger partial charge in [-0.1, -0.05) is 0 Å². The molecule has 0 saturated heterocycles. The predicted octanol–water partition coefficient (Wildman–Crippen LogP) is 3.08. The molecule has 5 heteroatoms. The zero-order valence-electron chi connectivity index (χ0n) is 10.8. The minimum absolute atomic E-state index is 0.221. The number of benzene rings is 1. The Kier molecular flexibility index (Phi) is 4.37. The summed E-state index contributed by atoms with van der Waals surface area (Å²) in [5, 5.41) is -0.829. The minimum Gasteiger partial charge on any atom is -0.293 e. The maximum atomic E-state index is 13.5. The first-order chi connectivity index (χ1) is 8.14. The summed E-state index contributed by atoms with van der Waals surface area (Å²) >= 11 is 0. The molecule has 0 N–H and O–H groups in total. The molecule has 0 aliphatic heterocycles. The average molecular weight is 274 g/mol. The lowest BCUT2D eigenvalue weighted by Gasteiger charge is -2.22. The summed E-state index contributed by atoms with van der Waals surface area (Å²) in [5.41, 5.74) is -0.221. The quantitative estimate of drug-likeness (QED) is 0.794. The fraction of sp³-hybridized carbons (Fsp3) is 0.462. The van der Waals surface area contributed by atoms with Crippen molar-refractivity contribution in [2.75, 3.05) is 0 Å². The zero-order valence-corrected chi connectivity index (χ0v) is 11.6. The predicted molar refractivity (Wildman–Crippen MR) is 68.0 cm³/mol. The molecule has 2 nitrogen and oxygen atoms in total. The van der Waals surface area contributed by atoms with Crippen LogP contribution in [0.25, 0.3) is 0 Å². The maximum absolute atomic E-state index is 13.5. The molecule has 0 radical (unpaired) electrons. The van der Waals surface area contributed by atoms with E-state index in [0.717, 1.165) is 12.1 Å². The molecule has 0 aliphatic carbocycles. The van der Waals surface area contributed by atoms with Crippen molar-refractivity contribution in [1.82, 2.24) is 0 Å². The summed E-state index contributed by atoms with van der Waals surface area (Å²) in [6.07, 6.45) is 0. The molecule has 1 rings (SSSR count). The van der Waals surface area contributed by atoms with Crippen LogP contribution in [0.5, 0.6) is 0 Å². The number of hydrogen-bond acceptors (Lipinski definition) is 2. The summed E-state index contributed by atoms with van der Waals surface area (Å²) in [4.78, 5) is 12.0. The molecule has 0 heterocycles. The molecule has 100 valence electrons. The third kappa shape index (κ3) is 3.22. The Morgan fingerprint density at radius 1 is 1.28 bits per heavy atom. The van der Waals surface area contributed by atoms with Crippen molar-refractivity contribution >= 4 is 16.6 Å². The number of Topliss-reactive ketones (excluding diaryl/α,β-unsaturated/α-hetero) is 1. The van der Waals surface area contributed by atoms with E-state index in [0.29, 0.717) is 6.07 Å². The molecule has 1 aromatic rings. The molecular formula is C13H16F2O2S. The van der Waals surface area contributed by atoms with Gasteiger partial charge >= 0.3 is 0 Å². The first-order valence-electron chi connectivity index (χ1n) is 5.54. The molecule has 1 aromatic carbocycles. The Balaban J connectivity index is 3.04. The van der Waals surface area contributed by atoms with E-state index < -0.39 is 38.2 Å². The molecular weight excluding hydrogens is 258 g/mol. The number of ketones is 1. The Bertz CT molecular complexity index is 492. The summed E-state index contributed by atoms with van der Waals surface area (Å²) in [5.74, 6) is -2.23. The van der Waals surface area contributed by atoms with Gasteiger partial charge in [-0.25, -0.2) is 8.78 Å². The normalized spacial score (nSPS) is 15.2. The van der Waals surface area contributed by atoms with E-state index in [9.17, 15) is 17.8 Å². The first-order valence-corrected chi connectivity index (χ1v) is 6.76. The standard InChI is InChI=1S/C13H16F2O2S/c1-8(18(17)13(2,3)4)12(16)10-6-5-9(14)7-11(10)15/h5-8H,1-4H3. The van der Waals surface area contributed by atoms with E-state index in [-0.39, 0.29) is 5.56 Å². The van der Waals surface area contributed by atoms with E-state index in [1.54, 1.807) is 20.8 Å². The number of hydrogen-bond donors (Lipinski definition) is 0. The van der Waals surface area contributed by atoms with Gasteiger partial charge in [0.1, 0.15) is 11.6 Å². The largest absolute Gasteiger partial charge is 0.293 e. The zero-order chi connectivity index (χ0) is 14.1. The number of rotatable bonds is 3. The van der Waals surface area contributed by atoms with Crippen molar-refractivity contribution in [3.05, 3.63) is 35.4 Å². The fourth-order valence-corrected chi connectivity index (χ4v) is 2.92. The highest BCUT2D eigenvalue weighted by Gasteiger charge is 2.31. The van der Waals surface area contributed by atoms with Crippen LogP contribution in [-0.4, -0.2) is 20.0 Å². The van der Waals surface area contributed by atoms with Gasteiger partial charge < -0.3 is 0 Å². The lowest BCUT2D eigenvalue weighted by atomic mass is 10.1. The molecule has 2 unspecified atom stereocenters. The highest BCUT2D eigenvalue weighted by molar-refractivity contribution is 7.87. The van der Waals surface area contributed by atoms with Crippen molar-refractivity contribution in [3.63, 3.8) is 0 Å². The van der Waals surface area contributed by atoms with Gasteiger partial charge in [0.05, 0.1) is 10.8 Å². The molecule has 0 spiro atoms. The molecule has 0 amide bonds. The lowest BCUT2D eigenvalue weighted by molar-refractivity contribution is 0.0988.